The predicted molar refractivity (Wildman–Crippen MR) is 105 cm³/mol. The molecule has 26 heavy (non-hydrogen) atoms. The first kappa shape index (κ1) is 18.5. The fraction of sp³-hybridized carbons (Fsp3) is 0.870. The van der Waals surface area contributed by atoms with Crippen LogP contribution in [0.2, 0.25) is 0 Å². The van der Waals surface area contributed by atoms with Crippen molar-refractivity contribution in [1.29, 1.82) is 0 Å². The van der Waals surface area contributed by atoms with Crippen LogP contribution in [0.3, 0.4) is 0 Å². The Bertz CT molecular complexity index is 597. The second-order valence-electron chi connectivity index (χ2n) is 10.0. The van der Waals surface area contributed by atoms with Gasteiger partial charge < -0.3 is 10.1 Å². The summed E-state index contributed by atoms with van der Waals surface area (Å²) in [4.78, 5) is 12.2. The zero-order chi connectivity index (χ0) is 18.5. The SMILES string of the molecule is COC(=O)CC[C@]12C3=CCC[C@@H]3CC[C@@H]3CN[C@H]1[C@@H](C(C)C)CC[C@@]32C. The van der Waals surface area contributed by atoms with Gasteiger partial charge in [0.2, 0.25) is 0 Å². The Balaban J connectivity index is 1.84. The highest BCUT2D eigenvalue weighted by atomic mass is 16.5. The Morgan fingerprint density at radius 3 is 2.85 bits per heavy atom. The molecule has 6 atom stereocenters. The molecule has 0 spiro atoms. The fourth-order valence-electron chi connectivity index (χ4n) is 7.61. The number of methoxy groups -OCH3 is 1. The average Bonchev–Trinajstić information content (AvgIpc) is 3.06. The van der Waals surface area contributed by atoms with Gasteiger partial charge in [0.1, 0.15) is 0 Å². The van der Waals surface area contributed by atoms with Crippen molar-refractivity contribution in [3.8, 4) is 0 Å². The van der Waals surface area contributed by atoms with Crippen molar-refractivity contribution in [2.75, 3.05) is 13.7 Å². The summed E-state index contributed by atoms with van der Waals surface area (Å²) in [7, 11) is 1.53. The fourth-order valence-corrected chi connectivity index (χ4v) is 7.61. The van der Waals surface area contributed by atoms with E-state index >= 15 is 0 Å². The number of rotatable bonds is 4. The Labute approximate surface area is 159 Å². The van der Waals surface area contributed by atoms with E-state index in [1.807, 2.05) is 0 Å². The number of carbonyl (C=O) groups excluding carboxylic acids is 1. The number of allylic oxidation sites excluding steroid dienone is 1. The quantitative estimate of drug-likeness (QED) is 0.583. The minimum absolute atomic E-state index is 0.0383. The van der Waals surface area contributed by atoms with Gasteiger partial charge in [0, 0.05) is 17.9 Å². The average molecular weight is 360 g/mol. The highest BCUT2D eigenvalue weighted by molar-refractivity contribution is 5.69. The highest BCUT2D eigenvalue weighted by Gasteiger charge is 2.66. The smallest absolute Gasteiger partial charge is 0.305 e. The van der Waals surface area contributed by atoms with Gasteiger partial charge in [0.05, 0.1) is 7.11 Å². The molecule has 3 nitrogen and oxygen atoms in total. The van der Waals surface area contributed by atoms with Crippen LogP contribution in [0.5, 0.6) is 0 Å². The Kier molecular flexibility index (Phi) is 4.74. The van der Waals surface area contributed by atoms with E-state index < -0.39 is 0 Å². The standard InChI is InChI=1S/C23H37NO2/c1-15(2)18-10-12-22(3)17-9-8-16-6-5-7-19(16)23(22,21(18)24-14-17)13-11-20(25)26-4/h7,15-18,21,24H,5-6,8-14H2,1-4H3/t16-,17-,18-,21+,22+,23+/m1/s1. The summed E-state index contributed by atoms with van der Waals surface area (Å²) < 4.78 is 5.07. The van der Waals surface area contributed by atoms with Gasteiger partial charge in [-0.25, -0.2) is 0 Å². The zero-order valence-corrected chi connectivity index (χ0v) is 17.1. The van der Waals surface area contributed by atoms with Gasteiger partial charge >= 0.3 is 5.97 Å². The lowest BCUT2D eigenvalue weighted by Gasteiger charge is -2.66. The Morgan fingerprint density at radius 2 is 2.12 bits per heavy atom. The van der Waals surface area contributed by atoms with Crippen molar-refractivity contribution in [2.45, 2.75) is 78.2 Å². The topological polar surface area (TPSA) is 38.3 Å². The summed E-state index contributed by atoms with van der Waals surface area (Å²) in [5, 5.41) is 4.05. The van der Waals surface area contributed by atoms with Crippen molar-refractivity contribution in [3.05, 3.63) is 11.6 Å². The molecule has 0 aromatic heterocycles. The van der Waals surface area contributed by atoms with E-state index in [4.69, 9.17) is 4.74 Å². The molecule has 3 aliphatic carbocycles. The van der Waals surface area contributed by atoms with Crippen LogP contribution >= 0.6 is 0 Å². The largest absolute Gasteiger partial charge is 0.469 e. The number of fused-ring (bicyclic) bond motifs is 1. The molecule has 1 heterocycles. The summed E-state index contributed by atoms with van der Waals surface area (Å²) in [6.45, 7) is 8.55. The molecule has 0 aromatic rings. The summed E-state index contributed by atoms with van der Waals surface area (Å²) in [5.41, 5.74) is 2.20. The van der Waals surface area contributed by atoms with Crippen LogP contribution in [-0.4, -0.2) is 25.7 Å². The summed E-state index contributed by atoms with van der Waals surface area (Å²) in [5.74, 6) is 2.86. The monoisotopic (exact) mass is 359 g/mol. The van der Waals surface area contributed by atoms with Crippen LogP contribution in [0.4, 0.5) is 0 Å². The second kappa shape index (κ2) is 6.65. The van der Waals surface area contributed by atoms with Crippen LogP contribution in [-0.2, 0) is 9.53 Å². The molecule has 0 amide bonds. The maximum Gasteiger partial charge on any atom is 0.305 e. The van der Waals surface area contributed by atoms with Crippen LogP contribution in [0.25, 0.3) is 0 Å². The summed E-state index contributed by atoms with van der Waals surface area (Å²) >= 11 is 0. The molecular weight excluding hydrogens is 322 g/mol. The lowest BCUT2D eigenvalue weighted by atomic mass is 9.42. The molecular formula is C23H37NO2. The van der Waals surface area contributed by atoms with E-state index in [0.717, 1.165) is 18.3 Å². The molecule has 0 unspecified atom stereocenters. The van der Waals surface area contributed by atoms with Crippen molar-refractivity contribution in [3.63, 3.8) is 0 Å². The van der Waals surface area contributed by atoms with Crippen molar-refractivity contribution >= 4 is 5.97 Å². The Morgan fingerprint density at radius 1 is 1.31 bits per heavy atom. The number of hydrogen-bond donors (Lipinski definition) is 1. The van der Waals surface area contributed by atoms with E-state index in [1.54, 1.807) is 5.57 Å². The van der Waals surface area contributed by atoms with Gasteiger partial charge in [-0.05, 0) is 80.6 Å². The van der Waals surface area contributed by atoms with Crippen molar-refractivity contribution in [1.82, 2.24) is 5.32 Å². The molecule has 0 radical (unpaired) electrons. The van der Waals surface area contributed by atoms with Gasteiger partial charge in [0.25, 0.3) is 0 Å². The van der Waals surface area contributed by atoms with E-state index in [0.29, 0.717) is 29.7 Å². The normalized spacial score (nSPS) is 44.3. The number of esters is 1. The minimum atomic E-state index is -0.0383. The number of nitrogens with one attached hydrogen (secondary N) is 1. The molecule has 3 heteroatoms. The molecule has 3 fully saturated rings. The molecule has 4 bridgehead atoms. The van der Waals surface area contributed by atoms with Crippen LogP contribution < -0.4 is 5.32 Å². The van der Waals surface area contributed by atoms with Gasteiger partial charge in [-0.1, -0.05) is 32.4 Å². The predicted octanol–water partition coefficient (Wildman–Crippen LogP) is 4.72. The van der Waals surface area contributed by atoms with Crippen LogP contribution in [0.1, 0.15) is 72.1 Å². The first-order valence-electron chi connectivity index (χ1n) is 10.9. The van der Waals surface area contributed by atoms with E-state index in [9.17, 15) is 4.79 Å². The third-order valence-electron chi connectivity index (χ3n) is 8.97. The van der Waals surface area contributed by atoms with Gasteiger partial charge in [-0.15, -0.1) is 0 Å². The maximum absolute atomic E-state index is 12.2. The number of piperidine rings is 1. The van der Waals surface area contributed by atoms with Crippen LogP contribution in [0.15, 0.2) is 11.6 Å². The second-order valence-corrected chi connectivity index (χ2v) is 10.0. The lowest BCUT2D eigenvalue weighted by molar-refractivity contribution is -0.146. The first-order valence-corrected chi connectivity index (χ1v) is 10.9. The maximum atomic E-state index is 12.2. The van der Waals surface area contributed by atoms with E-state index in [2.05, 4.69) is 32.2 Å². The van der Waals surface area contributed by atoms with Crippen molar-refractivity contribution in [2.24, 2.45) is 34.5 Å². The minimum Gasteiger partial charge on any atom is -0.469 e. The highest BCUT2D eigenvalue weighted by Crippen LogP contribution is 2.69. The third kappa shape index (κ3) is 2.45. The molecule has 1 aliphatic heterocycles. The van der Waals surface area contributed by atoms with Gasteiger partial charge in [-0.2, -0.15) is 0 Å². The lowest BCUT2D eigenvalue weighted by Crippen LogP contribution is -2.69. The molecule has 4 aliphatic rings. The molecule has 1 saturated heterocycles. The summed E-state index contributed by atoms with van der Waals surface area (Å²) in [6.07, 6.45) is 12.0. The Hall–Kier alpha value is -0.830. The number of ether oxygens (including phenoxy) is 1. The third-order valence-corrected chi connectivity index (χ3v) is 8.97. The zero-order valence-electron chi connectivity index (χ0n) is 17.1. The van der Waals surface area contributed by atoms with Crippen molar-refractivity contribution < 1.29 is 9.53 Å². The number of carbonyl (C=O) groups is 1. The van der Waals surface area contributed by atoms with Gasteiger partial charge in [0.15, 0.2) is 0 Å². The van der Waals surface area contributed by atoms with E-state index in [-0.39, 0.29) is 11.4 Å². The molecule has 4 rings (SSSR count). The van der Waals surface area contributed by atoms with Gasteiger partial charge in [-0.3, -0.25) is 4.79 Å². The molecule has 2 saturated carbocycles. The number of hydrogen-bond acceptors (Lipinski definition) is 3. The van der Waals surface area contributed by atoms with E-state index in [1.165, 1.54) is 52.2 Å². The van der Waals surface area contributed by atoms with Crippen LogP contribution in [0, 0.1) is 34.5 Å². The first-order chi connectivity index (χ1) is 12.4. The molecule has 1 N–H and O–H groups in total. The molecule has 146 valence electrons. The molecule has 0 aromatic carbocycles. The summed E-state index contributed by atoms with van der Waals surface area (Å²) in [6, 6.07) is 0.520.